The zero-order chi connectivity index (χ0) is 12.9. The van der Waals surface area contributed by atoms with Crippen LogP contribution in [0.2, 0.25) is 0 Å². The first-order chi connectivity index (χ1) is 7.70. The van der Waals surface area contributed by atoms with Crippen molar-refractivity contribution in [2.24, 2.45) is 5.41 Å². The fourth-order valence-corrected chi connectivity index (χ4v) is 2.73. The van der Waals surface area contributed by atoms with Crippen molar-refractivity contribution in [1.82, 2.24) is 4.90 Å². The van der Waals surface area contributed by atoms with Gasteiger partial charge in [0.05, 0.1) is 17.3 Å². The van der Waals surface area contributed by atoms with Gasteiger partial charge in [-0.3, -0.25) is 4.79 Å². The van der Waals surface area contributed by atoms with Gasteiger partial charge in [0.2, 0.25) is 5.91 Å². The van der Waals surface area contributed by atoms with Crippen LogP contribution in [-0.4, -0.2) is 35.1 Å². The molecule has 2 fully saturated rings. The van der Waals surface area contributed by atoms with E-state index in [1.807, 2.05) is 27.7 Å². The lowest BCUT2D eigenvalue weighted by molar-refractivity contribution is -0.189. The molecule has 2 rings (SSSR count). The van der Waals surface area contributed by atoms with Gasteiger partial charge in [0.15, 0.2) is 0 Å². The molecule has 4 heteroatoms. The smallest absolute Gasteiger partial charge is 0.243 e. The van der Waals surface area contributed by atoms with Gasteiger partial charge in [-0.15, -0.1) is 0 Å². The van der Waals surface area contributed by atoms with Crippen molar-refractivity contribution in [1.29, 1.82) is 5.26 Å². The third-order valence-electron chi connectivity index (χ3n) is 3.36. The van der Waals surface area contributed by atoms with Crippen LogP contribution in [0.4, 0.5) is 0 Å². The number of hydrogen-bond donors (Lipinski definition) is 0. The maximum Gasteiger partial charge on any atom is 0.243 e. The maximum atomic E-state index is 12.3. The summed E-state index contributed by atoms with van der Waals surface area (Å²) >= 11 is 0. The van der Waals surface area contributed by atoms with E-state index in [4.69, 9.17) is 10.00 Å². The van der Waals surface area contributed by atoms with Crippen molar-refractivity contribution in [3.05, 3.63) is 0 Å². The molecule has 0 atom stereocenters. The Labute approximate surface area is 103 Å². The Kier molecular flexibility index (Phi) is 2.52. The SMILES string of the molecule is CC1(C)CN(C(=O)C2(C#N)CC2)CC(C)(C)O1. The number of carbonyl (C=O) groups is 1. The van der Waals surface area contributed by atoms with Crippen LogP contribution in [0.3, 0.4) is 0 Å². The Bertz CT molecular complexity index is 373. The van der Waals surface area contributed by atoms with Crippen LogP contribution in [0, 0.1) is 16.7 Å². The predicted octanol–water partition coefficient (Wildman–Crippen LogP) is 1.71. The van der Waals surface area contributed by atoms with E-state index in [0.29, 0.717) is 25.9 Å². The second-order valence-electron chi connectivity index (χ2n) is 6.48. The summed E-state index contributed by atoms with van der Waals surface area (Å²) in [6.07, 6.45) is 1.42. The topological polar surface area (TPSA) is 53.3 Å². The zero-order valence-electron chi connectivity index (χ0n) is 11.0. The molecule has 94 valence electrons. The zero-order valence-corrected chi connectivity index (χ0v) is 11.0. The molecule has 0 spiro atoms. The minimum absolute atomic E-state index is 0.00977. The van der Waals surface area contributed by atoms with E-state index in [9.17, 15) is 4.79 Å². The van der Waals surface area contributed by atoms with E-state index in [0.717, 1.165) is 0 Å². The predicted molar refractivity (Wildman–Crippen MR) is 63.1 cm³/mol. The van der Waals surface area contributed by atoms with Crippen molar-refractivity contribution in [2.45, 2.75) is 51.7 Å². The Morgan fingerprint density at radius 3 is 2.00 bits per heavy atom. The van der Waals surface area contributed by atoms with Gasteiger partial charge in [0, 0.05) is 13.1 Å². The number of hydrogen-bond acceptors (Lipinski definition) is 3. The first-order valence-corrected chi connectivity index (χ1v) is 6.11. The van der Waals surface area contributed by atoms with Gasteiger partial charge in [-0.05, 0) is 40.5 Å². The minimum atomic E-state index is -0.719. The molecular formula is C13H20N2O2. The molecule has 17 heavy (non-hydrogen) atoms. The standard InChI is InChI=1S/C13H20N2O2/c1-11(2)8-15(9-12(3,4)17-11)10(16)13(7-14)5-6-13/h5-6,8-9H2,1-4H3. The van der Waals surface area contributed by atoms with E-state index in [-0.39, 0.29) is 17.1 Å². The first kappa shape index (κ1) is 12.4. The number of carbonyl (C=O) groups excluding carboxylic acids is 1. The summed E-state index contributed by atoms with van der Waals surface area (Å²) in [7, 11) is 0. The maximum absolute atomic E-state index is 12.3. The normalized spacial score (nSPS) is 28.3. The molecule has 0 bridgehead atoms. The lowest BCUT2D eigenvalue weighted by Gasteiger charge is -2.47. The van der Waals surface area contributed by atoms with E-state index in [2.05, 4.69) is 6.07 Å². The van der Waals surface area contributed by atoms with Crippen LogP contribution >= 0.6 is 0 Å². The van der Waals surface area contributed by atoms with Gasteiger partial charge in [0.25, 0.3) is 0 Å². The van der Waals surface area contributed by atoms with Crippen molar-refractivity contribution in [2.75, 3.05) is 13.1 Å². The van der Waals surface area contributed by atoms with Crippen LogP contribution in [0.5, 0.6) is 0 Å². The molecule has 0 aromatic heterocycles. The summed E-state index contributed by atoms with van der Waals surface area (Å²) in [6, 6.07) is 2.17. The monoisotopic (exact) mass is 236 g/mol. The number of nitrogens with zero attached hydrogens (tertiary/aromatic N) is 2. The number of nitriles is 1. The molecule has 1 heterocycles. The molecule has 1 saturated carbocycles. The van der Waals surface area contributed by atoms with Gasteiger partial charge in [-0.1, -0.05) is 0 Å². The van der Waals surface area contributed by atoms with Gasteiger partial charge in [0.1, 0.15) is 5.41 Å². The molecule has 0 aromatic carbocycles. The Hall–Kier alpha value is -1.08. The van der Waals surface area contributed by atoms with E-state index in [1.54, 1.807) is 4.90 Å². The highest BCUT2D eigenvalue weighted by Crippen LogP contribution is 2.47. The third kappa shape index (κ3) is 2.30. The molecule has 4 nitrogen and oxygen atoms in total. The minimum Gasteiger partial charge on any atom is -0.366 e. The Balaban J connectivity index is 2.17. The Morgan fingerprint density at radius 2 is 1.65 bits per heavy atom. The molecule has 0 aromatic rings. The number of rotatable bonds is 1. The molecule has 0 unspecified atom stereocenters. The lowest BCUT2D eigenvalue weighted by atomic mass is 9.96. The highest BCUT2D eigenvalue weighted by molar-refractivity contribution is 5.88. The average Bonchev–Trinajstić information content (AvgIpc) is 2.92. The number of ether oxygens (including phenoxy) is 1. The van der Waals surface area contributed by atoms with E-state index < -0.39 is 5.41 Å². The van der Waals surface area contributed by atoms with E-state index >= 15 is 0 Å². The van der Waals surface area contributed by atoms with Crippen molar-refractivity contribution < 1.29 is 9.53 Å². The van der Waals surface area contributed by atoms with Crippen molar-refractivity contribution in [3.63, 3.8) is 0 Å². The van der Waals surface area contributed by atoms with Gasteiger partial charge in [-0.25, -0.2) is 0 Å². The van der Waals surface area contributed by atoms with Gasteiger partial charge in [-0.2, -0.15) is 5.26 Å². The molecule has 1 saturated heterocycles. The van der Waals surface area contributed by atoms with Gasteiger partial charge >= 0.3 is 0 Å². The fraction of sp³-hybridized carbons (Fsp3) is 0.846. The fourth-order valence-electron chi connectivity index (χ4n) is 2.73. The third-order valence-corrected chi connectivity index (χ3v) is 3.36. The van der Waals surface area contributed by atoms with E-state index in [1.165, 1.54) is 0 Å². The molecule has 1 aliphatic carbocycles. The summed E-state index contributed by atoms with van der Waals surface area (Å²) in [6.45, 7) is 9.08. The van der Waals surface area contributed by atoms with Crippen molar-refractivity contribution >= 4 is 5.91 Å². The largest absolute Gasteiger partial charge is 0.366 e. The Morgan fingerprint density at radius 1 is 1.18 bits per heavy atom. The van der Waals surface area contributed by atoms with Crippen LogP contribution in [0.1, 0.15) is 40.5 Å². The van der Waals surface area contributed by atoms with Crippen molar-refractivity contribution in [3.8, 4) is 6.07 Å². The summed E-state index contributed by atoms with van der Waals surface area (Å²) in [4.78, 5) is 14.1. The summed E-state index contributed by atoms with van der Waals surface area (Å²) in [5.74, 6) is -0.00977. The summed E-state index contributed by atoms with van der Waals surface area (Å²) in [5, 5.41) is 9.09. The molecule has 0 N–H and O–H groups in total. The van der Waals surface area contributed by atoms with Crippen LogP contribution in [-0.2, 0) is 9.53 Å². The van der Waals surface area contributed by atoms with Crippen LogP contribution < -0.4 is 0 Å². The second-order valence-corrected chi connectivity index (χ2v) is 6.48. The highest BCUT2D eigenvalue weighted by atomic mass is 16.5. The molecule has 0 radical (unpaired) electrons. The average molecular weight is 236 g/mol. The molecule has 1 aliphatic heterocycles. The second kappa shape index (κ2) is 3.46. The number of morpholine rings is 1. The van der Waals surface area contributed by atoms with Crippen LogP contribution in [0.25, 0.3) is 0 Å². The lowest BCUT2D eigenvalue weighted by Crippen LogP contribution is -2.59. The first-order valence-electron chi connectivity index (χ1n) is 6.11. The quantitative estimate of drug-likeness (QED) is 0.696. The molecule has 2 aliphatic rings. The summed E-state index contributed by atoms with van der Waals surface area (Å²) < 4.78 is 5.93. The molecular weight excluding hydrogens is 216 g/mol. The van der Waals surface area contributed by atoms with Crippen LogP contribution in [0.15, 0.2) is 0 Å². The highest BCUT2D eigenvalue weighted by Gasteiger charge is 2.54. The molecule has 1 amide bonds. The summed E-state index contributed by atoms with van der Waals surface area (Å²) in [5.41, 5.74) is -1.41. The van der Waals surface area contributed by atoms with Gasteiger partial charge < -0.3 is 9.64 Å². The number of amides is 1.